The van der Waals surface area contributed by atoms with Gasteiger partial charge in [-0.15, -0.1) is 0 Å². The van der Waals surface area contributed by atoms with E-state index in [0.717, 1.165) is 11.6 Å². The normalized spacial score (nSPS) is 11.8. The average molecular weight is 319 g/mol. The first-order chi connectivity index (χ1) is 8.41. The highest BCUT2D eigenvalue weighted by molar-refractivity contribution is 9.08. The predicted octanol–water partition coefficient (Wildman–Crippen LogP) is 4.00. The van der Waals surface area contributed by atoms with Gasteiger partial charge in [-0.05, 0) is 17.2 Å². The summed E-state index contributed by atoms with van der Waals surface area (Å²) < 4.78 is 38.8. The van der Waals surface area contributed by atoms with E-state index in [-0.39, 0.29) is 0 Å². The molecular formula is C12H10BrF3N2. The van der Waals surface area contributed by atoms with Crippen LogP contribution >= 0.6 is 15.9 Å². The summed E-state index contributed by atoms with van der Waals surface area (Å²) in [6.07, 6.45) is -4.41. The first kappa shape index (κ1) is 13.1. The van der Waals surface area contributed by atoms with E-state index in [2.05, 4.69) is 21.0 Å². The molecule has 96 valence electrons. The fraction of sp³-hybridized carbons (Fsp3) is 0.250. The van der Waals surface area contributed by atoms with Gasteiger partial charge in [-0.3, -0.25) is 4.68 Å². The number of alkyl halides is 4. The SMILES string of the molecule is Cn1nc(C(F)(F)F)cc1-c1ccc(CBr)cc1. The van der Waals surface area contributed by atoms with Crippen LogP contribution in [0.3, 0.4) is 0 Å². The van der Waals surface area contributed by atoms with Crippen molar-refractivity contribution >= 4 is 15.9 Å². The maximum Gasteiger partial charge on any atom is 0.435 e. The molecule has 0 aliphatic carbocycles. The Kier molecular flexibility index (Phi) is 3.47. The lowest BCUT2D eigenvalue weighted by atomic mass is 10.1. The molecule has 0 aliphatic rings. The summed E-state index contributed by atoms with van der Waals surface area (Å²) in [5, 5.41) is 4.20. The highest BCUT2D eigenvalue weighted by Gasteiger charge is 2.34. The van der Waals surface area contributed by atoms with E-state index in [1.807, 2.05) is 12.1 Å². The molecule has 0 aliphatic heterocycles. The van der Waals surface area contributed by atoms with Crippen molar-refractivity contribution in [1.82, 2.24) is 9.78 Å². The first-order valence-electron chi connectivity index (χ1n) is 5.18. The average Bonchev–Trinajstić information content (AvgIpc) is 2.71. The molecule has 0 atom stereocenters. The van der Waals surface area contributed by atoms with Gasteiger partial charge in [0.2, 0.25) is 0 Å². The molecule has 1 aromatic carbocycles. The summed E-state index contributed by atoms with van der Waals surface area (Å²) in [6.45, 7) is 0. The molecule has 0 fully saturated rings. The van der Waals surface area contributed by atoms with E-state index in [1.54, 1.807) is 12.1 Å². The van der Waals surface area contributed by atoms with Crippen LogP contribution < -0.4 is 0 Å². The molecule has 0 saturated heterocycles. The van der Waals surface area contributed by atoms with Crippen LogP contribution in [0.4, 0.5) is 13.2 Å². The number of aromatic nitrogens is 2. The molecule has 0 amide bonds. The van der Waals surface area contributed by atoms with Gasteiger partial charge < -0.3 is 0 Å². The standard InChI is InChI=1S/C12H10BrF3N2/c1-18-10(6-11(17-18)12(14,15)16)9-4-2-8(7-13)3-5-9/h2-6H,7H2,1H3. The predicted molar refractivity (Wildman–Crippen MR) is 66.3 cm³/mol. The molecular weight excluding hydrogens is 309 g/mol. The zero-order valence-electron chi connectivity index (χ0n) is 9.50. The monoisotopic (exact) mass is 318 g/mol. The molecule has 0 radical (unpaired) electrons. The fourth-order valence-electron chi connectivity index (χ4n) is 1.64. The summed E-state index contributed by atoms with van der Waals surface area (Å²) in [5.41, 5.74) is 1.36. The molecule has 2 rings (SSSR count). The lowest BCUT2D eigenvalue weighted by molar-refractivity contribution is -0.141. The highest BCUT2D eigenvalue weighted by Crippen LogP contribution is 2.31. The van der Waals surface area contributed by atoms with Gasteiger partial charge in [0.05, 0.1) is 5.69 Å². The number of aryl methyl sites for hydroxylation is 1. The van der Waals surface area contributed by atoms with Crippen molar-refractivity contribution in [2.45, 2.75) is 11.5 Å². The van der Waals surface area contributed by atoms with Crippen LogP contribution in [0.25, 0.3) is 11.3 Å². The molecule has 0 unspecified atom stereocenters. The Labute approximate surface area is 111 Å². The van der Waals surface area contributed by atoms with Gasteiger partial charge in [0.25, 0.3) is 0 Å². The van der Waals surface area contributed by atoms with Crippen molar-refractivity contribution in [1.29, 1.82) is 0 Å². The van der Waals surface area contributed by atoms with Crippen LogP contribution in [0.2, 0.25) is 0 Å². The van der Waals surface area contributed by atoms with Gasteiger partial charge >= 0.3 is 6.18 Å². The zero-order chi connectivity index (χ0) is 13.3. The van der Waals surface area contributed by atoms with Crippen LogP contribution in [0.1, 0.15) is 11.3 Å². The maximum atomic E-state index is 12.5. The minimum absolute atomic E-state index is 0.448. The van der Waals surface area contributed by atoms with Crippen molar-refractivity contribution in [3.05, 3.63) is 41.6 Å². The Hall–Kier alpha value is -1.30. The summed E-state index contributed by atoms with van der Waals surface area (Å²) in [5.74, 6) is 0. The summed E-state index contributed by atoms with van der Waals surface area (Å²) in [4.78, 5) is 0. The summed E-state index contributed by atoms with van der Waals surface area (Å²) in [6, 6.07) is 8.36. The van der Waals surface area contributed by atoms with Gasteiger partial charge in [-0.2, -0.15) is 18.3 Å². The Bertz CT molecular complexity index is 543. The fourth-order valence-corrected chi connectivity index (χ4v) is 2.01. The Morgan fingerprint density at radius 2 is 1.83 bits per heavy atom. The smallest absolute Gasteiger partial charge is 0.267 e. The topological polar surface area (TPSA) is 17.8 Å². The third-order valence-corrected chi connectivity index (χ3v) is 3.22. The third-order valence-electron chi connectivity index (χ3n) is 2.57. The number of hydrogen-bond acceptors (Lipinski definition) is 1. The third kappa shape index (κ3) is 2.58. The van der Waals surface area contributed by atoms with Crippen molar-refractivity contribution in [2.75, 3.05) is 0 Å². The zero-order valence-corrected chi connectivity index (χ0v) is 11.1. The van der Waals surface area contributed by atoms with Crippen LogP contribution in [0.5, 0.6) is 0 Å². The van der Waals surface area contributed by atoms with Crippen LogP contribution in [-0.2, 0) is 18.6 Å². The van der Waals surface area contributed by atoms with E-state index < -0.39 is 11.9 Å². The Morgan fingerprint density at radius 1 is 1.22 bits per heavy atom. The summed E-state index contributed by atoms with van der Waals surface area (Å²) >= 11 is 3.32. The second-order valence-electron chi connectivity index (χ2n) is 3.87. The minimum Gasteiger partial charge on any atom is -0.267 e. The molecule has 6 heteroatoms. The Balaban J connectivity index is 2.41. The second kappa shape index (κ2) is 4.76. The number of benzene rings is 1. The number of rotatable bonds is 2. The maximum absolute atomic E-state index is 12.5. The van der Waals surface area contributed by atoms with Crippen molar-refractivity contribution in [3.63, 3.8) is 0 Å². The lowest BCUT2D eigenvalue weighted by Gasteiger charge is -2.02. The van der Waals surface area contributed by atoms with Gasteiger partial charge in [-0.1, -0.05) is 40.2 Å². The number of hydrogen-bond donors (Lipinski definition) is 0. The van der Waals surface area contributed by atoms with Crippen molar-refractivity contribution in [3.8, 4) is 11.3 Å². The molecule has 18 heavy (non-hydrogen) atoms. The first-order valence-corrected chi connectivity index (χ1v) is 6.30. The highest BCUT2D eigenvalue weighted by atomic mass is 79.9. The summed E-state index contributed by atoms with van der Waals surface area (Å²) in [7, 11) is 1.50. The van der Waals surface area contributed by atoms with Crippen molar-refractivity contribution in [2.24, 2.45) is 7.05 Å². The molecule has 2 aromatic rings. The second-order valence-corrected chi connectivity index (χ2v) is 4.43. The molecule has 0 spiro atoms. The molecule has 2 nitrogen and oxygen atoms in total. The lowest BCUT2D eigenvalue weighted by Crippen LogP contribution is -2.06. The quantitative estimate of drug-likeness (QED) is 0.765. The van der Waals surface area contributed by atoms with E-state index >= 15 is 0 Å². The van der Waals surface area contributed by atoms with Gasteiger partial charge in [0.1, 0.15) is 0 Å². The molecule has 0 bridgehead atoms. The minimum atomic E-state index is -4.41. The van der Waals surface area contributed by atoms with E-state index in [0.29, 0.717) is 16.6 Å². The van der Waals surface area contributed by atoms with Gasteiger partial charge in [-0.25, -0.2) is 0 Å². The Morgan fingerprint density at radius 3 is 2.28 bits per heavy atom. The van der Waals surface area contributed by atoms with E-state index in [9.17, 15) is 13.2 Å². The molecule has 1 aromatic heterocycles. The van der Waals surface area contributed by atoms with Gasteiger partial charge in [0.15, 0.2) is 5.69 Å². The van der Waals surface area contributed by atoms with Crippen LogP contribution in [0, 0.1) is 0 Å². The van der Waals surface area contributed by atoms with Crippen LogP contribution in [0.15, 0.2) is 30.3 Å². The van der Waals surface area contributed by atoms with E-state index in [1.165, 1.54) is 11.7 Å². The van der Waals surface area contributed by atoms with E-state index in [4.69, 9.17) is 0 Å². The molecule has 1 heterocycles. The largest absolute Gasteiger partial charge is 0.435 e. The number of nitrogens with zero attached hydrogens (tertiary/aromatic N) is 2. The van der Waals surface area contributed by atoms with Gasteiger partial charge in [0, 0.05) is 12.4 Å². The van der Waals surface area contributed by atoms with Crippen molar-refractivity contribution < 1.29 is 13.2 Å². The molecule has 0 N–H and O–H groups in total. The molecule has 0 saturated carbocycles. The van der Waals surface area contributed by atoms with Crippen LogP contribution in [-0.4, -0.2) is 9.78 Å². The number of halogens is 4.